The molecule has 0 aromatic carbocycles. The van der Waals surface area contributed by atoms with Crippen molar-refractivity contribution in [1.29, 1.82) is 0 Å². The molecule has 3 atom stereocenters. The van der Waals surface area contributed by atoms with E-state index in [1.54, 1.807) is 0 Å². The van der Waals surface area contributed by atoms with Gasteiger partial charge in [0.1, 0.15) is 0 Å². The minimum atomic E-state index is 0.266. The van der Waals surface area contributed by atoms with E-state index in [9.17, 15) is 0 Å². The number of hydrogen-bond acceptors (Lipinski definition) is 0. The lowest BCUT2D eigenvalue weighted by molar-refractivity contribution is -0.139. The third-order valence-corrected chi connectivity index (χ3v) is 9.17. The second-order valence-corrected chi connectivity index (χ2v) is 13.3. The Hall–Kier alpha value is 0. The number of unbranched alkanes of at least 4 members (excludes halogenated alkanes) is 6. The molecule has 0 fully saturated rings. The van der Waals surface area contributed by atoms with Gasteiger partial charge in [-0.2, -0.15) is 0 Å². The van der Waals surface area contributed by atoms with Crippen molar-refractivity contribution >= 4 is 0 Å². The normalized spacial score (nSPS) is 17.5. The Bertz CT molecular complexity index is 467. The van der Waals surface area contributed by atoms with E-state index in [0.717, 1.165) is 11.8 Å². The molecule has 199 valence electrons. The molecule has 0 saturated heterocycles. The van der Waals surface area contributed by atoms with Gasteiger partial charge in [0.05, 0.1) is 0 Å². The Balaban J connectivity index is 7.09. The van der Waals surface area contributed by atoms with E-state index in [1.807, 2.05) is 5.92 Å². The third-order valence-electron chi connectivity index (χ3n) is 9.17. The van der Waals surface area contributed by atoms with E-state index < -0.39 is 0 Å². The second kappa shape index (κ2) is 15.9. The van der Waals surface area contributed by atoms with E-state index in [0.29, 0.717) is 16.7 Å². The van der Waals surface area contributed by atoms with E-state index in [2.05, 4.69) is 83.1 Å². The zero-order valence-corrected chi connectivity index (χ0v) is 25.6. The highest BCUT2D eigenvalue weighted by Gasteiger charge is 2.62. The molecule has 0 aromatic rings. The third kappa shape index (κ3) is 8.27. The van der Waals surface area contributed by atoms with Crippen LogP contribution in [0.2, 0.25) is 0 Å². The Morgan fingerprint density at radius 1 is 0.636 bits per heavy atom. The van der Waals surface area contributed by atoms with E-state index in [4.69, 9.17) is 0 Å². The maximum Gasteiger partial charge on any atom is -0.0102 e. The first-order chi connectivity index (χ1) is 15.4. The van der Waals surface area contributed by atoms with Gasteiger partial charge in [0.15, 0.2) is 0 Å². The van der Waals surface area contributed by atoms with Crippen LogP contribution in [0.5, 0.6) is 0 Å². The fourth-order valence-corrected chi connectivity index (χ4v) is 7.97. The molecular formula is C33H67. The summed E-state index contributed by atoms with van der Waals surface area (Å²) in [4.78, 5) is 0. The fraction of sp³-hybridized carbons (Fsp3) is 0.970. The van der Waals surface area contributed by atoms with Gasteiger partial charge >= 0.3 is 0 Å². The standard InChI is InChI=1S/C33H67/c1-13-17-20-22-25-32(28(7)8,24-21-18-14-2)33(29(9)16-4,31(10,11)12)30(23-19-15-3)26-27(5)6/h27-29H,13-26H2,1-12H3. The molecule has 0 N–H and O–H groups in total. The molecule has 3 unspecified atom stereocenters. The van der Waals surface area contributed by atoms with Crippen LogP contribution in [0, 0.1) is 39.9 Å². The van der Waals surface area contributed by atoms with Crippen LogP contribution in [-0.2, 0) is 0 Å². The molecule has 0 aliphatic carbocycles. The van der Waals surface area contributed by atoms with Crippen molar-refractivity contribution < 1.29 is 0 Å². The van der Waals surface area contributed by atoms with Crippen molar-refractivity contribution in [2.45, 2.75) is 173 Å². The quantitative estimate of drug-likeness (QED) is 0.167. The van der Waals surface area contributed by atoms with E-state index in [1.165, 1.54) is 89.9 Å². The SMILES string of the molecule is CCCCCCC(CCCCC)(C(C)C)C([C](CCCC)CC(C)C)(C(C)CC)C(C)(C)C. The Morgan fingerprint density at radius 2 is 1.12 bits per heavy atom. The van der Waals surface area contributed by atoms with Crippen molar-refractivity contribution in [2.75, 3.05) is 0 Å². The molecule has 0 saturated carbocycles. The highest BCUT2D eigenvalue weighted by atomic mass is 14.7. The predicted octanol–water partition coefficient (Wildman–Crippen LogP) is 12.1. The van der Waals surface area contributed by atoms with E-state index >= 15 is 0 Å². The second-order valence-electron chi connectivity index (χ2n) is 13.3. The first-order valence-electron chi connectivity index (χ1n) is 15.3. The topological polar surface area (TPSA) is 0 Å². The van der Waals surface area contributed by atoms with Crippen molar-refractivity contribution in [3.05, 3.63) is 5.92 Å². The molecule has 0 aromatic heterocycles. The summed E-state index contributed by atoms with van der Waals surface area (Å²) in [5.41, 5.74) is 0.950. The van der Waals surface area contributed by atoms with Crippen LogP contribution in [0.15, 0.2) is 0 Å². The number of hydrogen-bond donors (Lipinski definition) is 0. The van der Waals surface area contributed by atoms with Gasteiger partial charge in [0, 0.05) is 0 Å². The monoisotopic (exact) mass is 464 g/mol. The van der Waals surface area contributed by atoms with Gasteiger partial charge in [-0.15, -0.1) is 0 Å². The average molecular weight is 464 g/mol. The molecule has 0 aliphatic rings. The summed E-state index contributed by atoms with van der Waals surface area (Å²) >= 11 is 0. The van der Waals surface area contributed by atoms with Crippen LogP contribution in [0.1, 0.15) is 173 Å². The summed E-state index contributed by atoms with van der Waals surface area (Å²) in [6.45, 7) is 30.2. The molecule has 0 heterocycles. The van der Waals surface area contributed by atoms with Gasteiger partial charge in [0.25, 0.3) is 0 Å². The van der Waals surface area contributed by atoms with Crippen LogP contribution >= 0.6 is 0 Å². The lowest BCUT2D eigenvalue weighted by Crippen LogP contribution is -2.60. The van der Waals surface area contributed by atoms with Crippen molar-refractivity contribution in [3.63, 3.8) is 0 Å². The average Bonchev–Trinajstić information content (AvgIpc) is 2.73. The van der Waals surface area contributed by atoms with E-state index in [-0.39, 0.29) is 5.41 Å². The molecule has 0 aliphatic heterocycles. The summed E-state index contributed by atoms with van der Waals surface area (Å²) in [5.74, 6) is 4.12. The summed E-state index contributed by atoms with van der Waals surface area (Å²) < 4.78 is 0. The maximum atomic E-state index is 2.64. The predicted molar refractivity (Wildman–Crippen MR) is 154 cm³/mol. The van der Waals surface area contributed by atoms with Gasteiger partial charge in [-0.25, -0.2) is 0 Å². The van der Waals surface area contributed by atoms with Crippen molar-refractivity contribution in [3.8, 4) is 0 Å². The summed E-state index contributed by atoms with van der Waals surface area (Å²) in [5, 5.41) is 0. The smallest absolute Gasteiger partial charge is 0.0102 e. The fourth-order valence-electron chi connectivity index (χ4n) is 7.97. The zero-order valence-electron chi connectivity index (χ0n) is 25.6. The van der Waals surface area contributed by atoms with Gasteiger partial charge in [-0.3, -0.25) is 0 Å². The van der Waals surface area contributed by atoms with Gasteiger partial charge in [0.2, 0.25) is 0 Å². The molecule has 0 spiro atoms. The molecule has 1 radical (unpaired) electrons. The van der Waals surface area contributed by atoms with Crippen LogP contribution in [0.3, 0.4) is 0 Å². The Morgan fingerprint density at radius 3 is 1.52 bits per heavy atom. The maximum absolute atomic E-state index is 2.64. The minimum absolute atomic E-state index is 0.266. The lowest BCUT2D eigenvalue weighted by atomic mass is 9.37. The molecule has 33 heavy (non-hydrogen) atoms. The first kappa shape index (κ1) is 33.0. The van der Waals surface area contributed by atoms with Gasteiger partial charge in [-0.05, 0) is 65.6 Å². The summed E-state index contributed by atoms with van der Waals surface area (Å²) in [6, 6.07) is 0. The summed E-state index contributed by atoms with van der Waals surface area (Å²) in [7, 11) is 0. The van der Waals surface area contributed by atoms with Crippen LogP contribution in [0.4, 0.5) is 0 Å². The molecule has 0 amide bonds. The molecule has 0 bridgehead atoms. The Kier molecular flexibility index (Phi) is 15.9. The van der Waals surface area contributed by atoms with Crippen molar-refractivity contribution in [2.24, 2.45) is 34.0 Å². The van der Waals surface area contributed by atoms with Crippen molar-refractivity contribution in [1.82, 2.24) is 0 Å². The van der Waals surface area contributed by atoms with Crippen LogP contribution in [0.25, 0.3) is 0 Å². The Labute approximate surface area is 212 Å². The molecular weight excluding hydrogens is 396 g/mol. The number of rotatable bonds is 19. The molecule has 0 nitrogen and oxygen atoms in total. The van der Waals surface area contributed by atoms with Gasteiger partial charge in [-0.1, -0.05) is 147 Å². The molecule has 0 rings (SSSR count). The minimum Gasteiger partial charge on any atom is -0.0654 e. The summed E-state index contributed by atoms with van der Waals surface area (Å²) in [6.07, 6.45) is 19.1. The van der Waals surface area contributed by atoms with Gasteiger partial charge < -0.3 is 0 Å². The van der Waals surface area contributed by atoms with Crippen LogP contribution < -0.4 is 0 Å². The first-order valence-corrected chi connectivity index (χ1v) is 15.3. The zero-order chi connectivity index (χ0) is 25.7. The highest BCUT2D eigenvalue weighted by molar-refractivity contribution is 5.22. The van der Waals surface area contributed by atoms with Crippen LogP contribution in [-0.4, -0.2) is 0 Å². The largest absolute Gasteiger partial charge is 0.0654 e. The highest BCUT2D eigenvalue weighted by Crippen LogP contribution is 2.70. The molecule has 0 heteroatoms. The lowest BCUT2D eigenvalue weighted by Gasteiger charge is -2.67.